The van der Waals surface area contributed by atoms with Crippen LogP contribution in [0.25, 0.3) is 0 Å². The van der Waals surface area contributed by atoms with Gasteiger partial charge in [-0.2, -0.15) is 0 Å². The van der Waals surface area contributed by atoms with Crippen molar-refractivity contribution < 1.29 is 0 Å². The SMILES string of the molecule is C(=N\c1cc(Nc2ccccc2)c(/N=C/c2ccccc2)cc1Nc1ccccc1)/c1ccccc1. The Morgan fingerprint density at radius 1 is 0.417 bits per heavy atom. The summed E-state index contributed by atoms with van der Waals surface area (Å²) in [5.74, 6) is 0. The highest BCUT2D eigenvalue weighted by Gasteiger charge is 2.11. The zero-order chi connectivity index (χ0) is 24.4. The molecule has 0 saturated heterocycles. The average Bonchev–Trinajstić information content (AvgIpc) is 2.94. The molecule has 0 unspecified atom stereocenters. The molecule has 2 N–H and O–H groups in total. The number of rotatable bonds is 8. The van der Waals surface area contributed by atoms with E-state index >= 15 is 0 Å². The van der Waals surface area contributed by atoms with Crippen LogP contribution in [0.5, 0.6) is 0 Å². The maximum atomic E-state index is 4.85. The molecule has 5 aromatic rings. The number of hydrogen-bond donors (Lipinski definition) is 2. The maximum absolute atomic E-state index is 4.85. The first-order chi connectivity index (χ1) is 17.8. The second-order valence-corrected chi connectivity index (χ2v) is 8.21. The number of nitrogens with zero attached hydrogens (tertiary/aromatic N) is 2. The minimum atomic E-state index is 0.805. The predicted molar refractivity (Wildman–Crippen MR) is 153 cm³/mol. The number of nitrogens with one attached hydrogen (secondary N) is 2. The Balaban J connectivity index is 1.59. The lowest BCUT2D eigenvalue weighted by Crippen LogP contribution is -1.95. The van der Waals surface area contributed by atoms with E-state index in [0.717, 1.165) is 45.3 Å². The summed E-state index contributed by atoms with van der Waals surface area (Å²) in [6, 6.07) is 44.4. The summed E-state index contributed by atoms with van der Waals surface area (Å²) in [6.45, 7) is 0. The quantitative estimate of drug-likeness (QED) is 0.225. The third-order valence-electron chi connectivity index (χ3n) is 5.52. The fourth-order valence-corrected chi connectivity index (χ4v) is 3.71. The molecule has 0 fully saturated rings. The van der Waals surface area contributed by atoms with Gasteiger partial charge in [0, 0.05) is 23.8 Å². The van der Waals surface area contributed by atoms with E-state index in [2.05, 4.69) is 10.6 Å². The Bertz CT molecular complexity index is 1330. The molecular weight excluding hydrogens is 440 g/mol. The van der Waals surface area contributed by atoms with Crippen LogP contribution in [0.2, 0.25) is 0 Å². The number of para-hydroxylation sites is 2. The molecule has 0 saturated carbocycles. The molecule has 0 heterocycles. The van der Waals surface area contributed by atoms with Gasteiger partial charge in [-0.15, -0.1) is 0 Å². The third-order valence-corrected chi connectivity index (χ3v) is 5.52. The van der Waals surface area contributed by atoms with Gasteiger partial charge in [-0.3, -0.25) is 9.98 Å². The van der Waals surface area contributed by atoms with Crippen molar-refractivity contribution in [3.63, 3.8) is 0 Å². The van der Waals surface area contributed by atoms with Gasteiger partial charge in [0.15, 0.2) is 0 Å². The zero-order valence-corrected chi connectivity index (χ0v) is 19.8. The summed E-state index contributed by atoms with van der Waals surface area (Å²) < 4.78 is 0. The zero-order valence-electron chi connectivity index (χ0n) is 19.8. The van der Waals surface area contributed by atoms with E-state index in [4.69, 9.17) is 9.98 Å². The molecule has 0 aliphatic carbocycles. The summed E-state index contributed by atoms with van der Waals surface area (Å²) in [7, 11) is 0. The molecule has 0 radical (unpaired) electrons. The van der Waals surface area contributed by atoms with Crippen molar-refractivity contribution in [2.75, 3.05) is 10.6 Å². The van der Waals surface area contributed by atoms with Gasteiger partial charge in [0.05, 0.1) is 22.7 Å². The molecule has 0 bridgehead atoms. The molecule has 4 heteroatoms. The monoisotopic (exact) mass is 466 g/mol. The van der Waals surface area contributed by atoms with E-state index < -0.39 is 0 Å². The van der Waals surface area contributed by atoms with Crippen LogP contribution in [0.4, 0.5) is 34.1 Å². The van der Waals surface area contributed by atoms with Crippen LogP contribution < -0.4 is 10.6 Å². The topological polar surface area (TPSA) is 48.8 Å². The smallest absolute Gasteiger partial charge is 0.0886 e. The molecule has 0 atom stereocenters. The fourth-order valence-electron chi connectivity index (χ4n) is 3.71. The first kappa shape index (κ1) is 22.8. The first-order valence-electron chi connectivity index (χ1n) is 11.8. The molecule has 174 valence electrons. The fraction of sp³-hybridized carbons (Fsp3) is 0. The van der Waals surface area contributed by atoms with Crippen molar-refractivity contribution >= 4 is 46.6 Å². The van der Waals surface area contributed by atoms with E-state index in [9.17, 15) is 0 Å². The predicted octanol–water partition coefficient (Wildman–Crippen LogP) is 8.68. The Morgan fingerprint density at radius 2 is 0.750 bits per heavy atom. The van der Waals surface area contributed by atoms with Crippen molar-refractivity contribution in [1.82, 2.24) is 0 Å². The maximum Gasteiger partial charge on any atom is 0.0886 e. The largest absolute Gasteiger partial charge is 0.354 e. The molecule has 0 aromatic heterocycles. The lowest BCUT2D eigenvalue weighted by molar-refractivity contribution is 1.43. The third kappa shape index (κ3) is 6.13. The standard InChI is InChI=1S/C32H26N4/c1-5-13-25(14-6-1)23-33-29-21-32(36-28-19-11-4-12-20-28)30(34-24-26-15-7-2-8-16-26)22-31(29)35-27-17-9-3-10-18-27/h1-24,35-36H/b33-23+,34-24+. The normalized spacial score (nSPS) is 11.1. The van der Waals surface area contributed by atoms with Gasteiger partial charge >= 0.3 is 0 Å². The van der Waals surface area contributed by atoms with Crippen LogP contribution in [0.1, 0.15) is 11.1 Å². The second kappa shape index (κ2) is 11.4. The Kier molecular flexibility index (Phi) is 7.26. The van der Waals surface area contributed by atoms with Gasteiger partial charge in [0.2, 0.25) is 0 Å². The van der Waals surface area contributed by atoms with Crippen molar-refractivity contribution in [2.45, 2.75) is 0 Å². The number of anilines is 4. The van der Waals surface area contributed by atoms with Gasteiger partial charge in [0.1, 0.15) is 0 Å². The van der Waals surface area contributed by atoms with Crippen LogP contribution in [-0.4, -0.2) is 12.4 Å². The Hall–Kier alpha value is -4.96. The molecule has 0 aliphatic heterocycles. The molecule has 0 amide bonds. The van der Waals surface area contributed by atoms with Crippen LogP contribution >= 0.6 is 0 Å². The van der Waals surface area contributed by atoms with Gasteiger partial charge in [0.25, 0.3) is 0 Å². The van der Waals surface area contributed by atoms with Crippen molar-refractivity contribution in [3.05, 3.63) is 145 Å². The second-order valence-electron chi connectivity index (χ2n) is 8.21. The van der Waals surface area contributed by atoms with E-state index in [-0.39, 0.29) is 0 Å². The highest BCUT2D eigenvalue weighted by atomic mass is 15.0. The van der Waals surface area contributed by atoms with E-state index in [1.807, 2.05) is 146 Å². The van der Waals surface area contributed by atoms with Crippen LogP contribution in [0, 0.1) is 0 Å². The summed E-state index contributed by atoms with van der Waals surface area (Å²) in [4.78, 5) is 9.71. The van der Waals surface area contributed by atoms with Gasteiger partial charge in [-0.1, -0.05) is 97.1 Å². The van der Waals surface area contributed by atoms with Gasteiger partial charge in [-0.25, -0.2) is 0 Å². The number of benzene rings is 5. The van der Waals surface area contributed by atoms with E-state index in [1.165, 1.54) is 0 Å². The Labute approximate surface area is 211 Å². The van der Waals surface area contributed by atoms with Crippen molar-refractivity contribution in [1.29, 1.82) is 0 Å². The number of hydrogen-bond acceptors (Lipinski definition) is 4. The van der Waals surface area contributed by atoms with Gasteiger partial charge in [-0.05, 0) is 47.5 Å². The highest BCUT2D eigenvalue weighted by Crippen LogP contribution is 2.39. The van der Waals surface area contributed by atoms with Gasteiger partial charge < -0.3 is 10.6 Å². The van der Waals surface area contributed by atoms with Crippen LogP contribution in [-0.2, 0) is 0 Å². The minimum absolute atomic E-state index is 0.805. The highest BCUT2D eigenvalue weighted by molar-refractivity contribution is 5.92. The van der Waals surface area contributed by atoms with E-state index in [0.29, 0.717) is 0 Å². The molecule has 0 aliphatic rings. The average molecular weight is 467 g/mol. The summed E-state index contributed by atoms with van der Waals surface area (Å²) in [5, 5.41) is 7.05. The summed E-state index contributed by atoms with van der Waals surface area (Å²) in [6.07, 6.45) is 3.76. The molecule has 36 heavy (non-hydrogen) atoms. The Morgan fingerprint density at radius 3 is 1.11 bits per heavy atom. The lowest BCUT2D eigenvalue weighted by atomic mass is 10.1. The number of aliphatic imine (C=N–C) groups is 2. The summed E-state index contributed by atoms with van der Waals surface area (Å²) in [5.41, 5.74) is 7.38. The molecule has 4 nitrogen and oxygen atoms in total. The van der Waals surface area contributed by atoms with Crippen molar-refractivity contribution in [2.24, 2.45) is 9.98 Å². The lowest BCUT2D eigenvalue weighted by Gasteiger charge is -2.15. The van der Waals surface area contributed by atoms with Crippen LogP contribution in [0.15, 0.2) is 143 Å². The summed E-state index contributed by atoms with van der Waals surface area (Å²) >= 11 is 0. The molecule has 5 aromatic carbocycles. The van der Waals surface area contributed by atoms with Crippen LogP contribution in [0.3, 0.4) is 0 Å². The first-order valence-corrected chi connectivity index (χ1v) is 11.8. The van der Waals surface area contributed by atoms with E-state index in [1.54, 1.807) is 0 Å². The molecule has 0 spiro atoms. The van der Waals surface area contributed by atoms with Crippen molar-refractivity contribution in [3.8, 4) is 0 Å². The molecule has 5 rings (SSSR count). The minimum Gasteiger partial charge on any atom is -0.354 e. The molecular formula is C32H26N4.